The van der Waals surface area contributed by atoms with E-state index in [2.05, 4.69) is 6.07 Å². The number of amides is 1. The van der Waals surface area contributed by atoms with E-state index in [1.165, 1.54) is 5.56 Å². The predicted octanol–water partition coefficient (Wildman–Crippen LogP) is 1.15. The number of ether oxygens (including phenoxy) is 2. The molecule has 144 valence electrons. The number of benzene rings is 1. The molecule has 1 aromatic carbocycles. The number of carbonyl (C=O) groups is 1. The first-order valence-corrected chi connectivity index (χ1v) is 10.6. The number of hydrogen-bond acceptors (Lipinski definition) is 5. The molecule has 0 aromatic heterocycles. The minimum Gasteiger partial charge on any atom is -0.496 e. The lowest BCUT2D eigenvalue weighted by atomic mass is 9.78. The van der Waals surface area contributed by atoms with Gasteiger partial charge in [0, 0.05) is 25.1 Å². The number of rotatable bonds is 5. The van der Waals surface area contributed by atoms with Gasteiger partial charge in [0.15, 0.2) is 0 Å². The van der Waals surface area contributed by atoms with Crippen LogP contribution in [0.1, 0.15) is 36.8 Å². The highest BCUT2D eigenvalue weighted by Crippen LogP contribution is 2.45. The van der Waals surface area contributed by atoms with Gasteiger partial charge in [-0.05, 0) is 37.3 Å². The van der Waals surface area contributed by atoms with Crippen molar-refractivity contribution >= 4 is 15.9 Å². The highest BCUT2D eigenvalue weighted by molar-refractivity contribution is 7.89. The second kappa shape index (κ2) is 7.54. The lowest BCUT2D eigenvalue weighted by molar-refractivity contribution is -0.140. The van der Waals surface area contributed by atoms with Crippen LogP contribution in [-0.2, 0) is 31.6 Å². The van der Waals surface area contributed by atoms with Crippen LogP contribution in [0.25, 0.3) is 0 Å². The topological polar surface area (TPSA) is 98.9 Å². The Morgan fingerprint density at radius 2 is 2.08 bits per heavy atom. The highest BCUT2D eigenvalue weighted by atomic mass is 32.2. The van der Waals surface area contributed by atoms with Crippen molar-refractivity contribution in [1.82, 2.24) is 4.90 Å². The summed E-state index contributed by atoms with van der Waals surface area (Å²) in [7, 11) is -1.85. The van der Waals surface area contributed by atoms with Crippen LogP contribution in [0.5, 0.6) is 5.75 Å². The van der Waals surface area contributed by atoms with E-state index < -0.39 is 15.6 Å². The number of piperidine rings is 1. The molecule has 1 aromatic rings. The number of nitrogens with two attached hydrogens (primary N) is 1. The fourth-order valence-corrected chi connectivity index (χ4v) is 4.54. The zero-order chi connectivity index (χ0) is 18.8. The largest absolute Gasteiger partial charge is 0.496 e. The van der Waals surface area contributed by atoms with Gasteiger partial charge in [-0.2, -0.15) is 0 Å². The summed E-state index contributed by atoms with van der Waals surface area (Å²) >= 11 is 0. The van der Waals surface area contributed by atoms with Crippen LogP contribution in [0.2, 0.25) is 0 Å². The smallest absolute Gasteiger partial charge is 0.222 e. The SMILES string of the molecule is COc1cccc2c1C1(CCN(C(=O)CCCS(N)(=O)=O)CC1)OCC2. The van der Waals surface area contributed by atoms with E-state index in [4.69, 9.17) is 14.6 Å². The van der Waals surface area contributed by atoms with Crippen molar-refractivity contribution in [2.45, 2.75) is 37.7 Å². The van der Waals surface area contributed by atoms with Gasteiger partial charge in [-0.15, -0.1) is 0 Å². The monoisotopic (exact) mass is 382 g/mol. The summed E-state index contributed by atoms with van der Waals surface area (Å²) in [6, 6.07) is 6.08. The van der Waals surface area contributed by atoms with E-state index >= 15 is 0 Å². The molecule has 0 radical (unpaired) electrons. The Hall–Kier alpha value is -1.64. The van der Waals surface area contributed by atoms with E-state index in [1.807, 2.05) is 12.1 Å². The minimum absolute atomic E-state index is 0.0282. The summed E-state index contributed by atoms with van der Waals surface area (Å²) in [6.07, 6.45) is 2.74. The predicted molar refractivity (Wildman–Crippen MR) is 97.4 cm³/mol. The first kappa shape index (κ1) is 19.1. The van der Waals surface area contributed by atoms with E-state index in [1.54, 1.807) is 12.0 Å². The maximum Gasteiger partial charge on any atom is 0.222 e. The summed E-state index contributed by atoms with van der Waals surface area (Å²) in [6.45, 7) is 1.85. The Bertz CT molecular complexity index is 756. The third kappa shape index (κ3) is 4.02. The Morgan fingerprint density at radius 1 is 1.35 bits per heavy atom. The number of nitrogens with zero attached hydrogens (tertiary/aromatic N) is 1. The molecule has 3 rings (SSSR count). The molecular formula is C18H26N2O5S. The maximum absolute atomic E-state index is 12.3. The Kier molecular flexibility index (Phi) is 5.55. The molecule has 0 aliphatic carbocycles. The third-order valence-electron chi connectivity index (χ3n) is 5.28. The molecule has 1 spiro atoms. The number of likely N-dealkylation sites (tertiary alicyclic amines) is 1. The first-order chi connectivity index (χ1) is 12.3. The van der Waals surface area contributed by atoms with Gasteiger partial charge in [0.1, 0.15) is 11.4 Å². The van der Waals surface area contributed by atoms with Crippen molar-refractivity contribution in [2.24, 2.45) is 5.14 Å². The molecule has 1 amide bonds. The van der Waals surface area contributed by atoms with E-state index in [0.29, 0.717) is 32.5 Å². The van der Waals surface area contributed by atoms with Crippen molar-refractivity contribution in [2.75, 3.05) is 32.6 Å². The van der Waals surface area contributed by atoms with Crippen LogP contribution in [0.3, 0.4) is 0 Å². The number of hydrogen-bond donors (Lipinski definition) is 1. The zero-order valence-corrected chi connectivity index (χ0v) is 15.9. The van der Waals surface area contributed by atoms with Gasteiger partial charge in [-0.1, -0.05) is 12.1 Å². The zero-order valence-electron chi connectivity index (χ0n) is 15.1. The van der Waals surface area contributed by atoms with Crippen LogP contribution in [0, 0.1) is 0 Å². The van der Waals surface area contributed by atoms with Crippen LogP contribution < -0.4 is 9.88 Å². The molecule has 0 atom stereocenters. The van der Waals surface area contributed by atoms with Crippen molar-refractivity contribution in [3.63, 3.8) is 0 Å². The van der Waals surface area contributed by atoms with Gasteiger partial charge in [0.05, 0.1) is 19.5 Å². The minimum atomic E-state index is -3.52. The Morgan fingerprint density at radius 3 is 2.73 bits per heavy atom. The molecule has 1 fully saturated rings. The van der Waals surface area contributed by atoms with Gasteiger partial charge in [-0.25, -0.2) is 13.6 Å². The van der Waals surface area contributed by atoms with E-state index in [9.17, 15) is 13.2 Å². The van der Waals surface area contributed by atoms with E-state index in [0.717, 1.165) is 17.7 Å². The lowest BCUT2D eigenvalue weighted by Crippen LogP contribution is -2.48. The van der Waals surface area contributed by atoms with Crippen LogP contribution >= 0.6 is 0 Å². The van der Waals surface area contributed by atoms with Gasteiger partial charge in [-0.3, -0.25) is 4.79 Å². The van der Waals surface area contributed by atoms with Crippen molar-refractivity contribution in [3.05, 3.63) is 29.3 Å². The summed E-state index contributed by atoms with van der Waals surface area (Å²) < 4.78 is 33.8. The van der Waals surface area contributed by atoms with Crippen molar-refractivity contribution < 1.29 is 22.7 Å². The molecule has 8 heteroatoms. The van der Waals surface area contributed by atoms with Crippen molar-refractivity contribution in [3.8, 4) is 5.75 Å². The van der Waals surface area contributed by atoms with Crippen LogP contribution in [0.15, 0.2) is 18.2 Å². The maximum atomic E-state index is 12.3. The molecule has 2 heterocycles. The number of fused-ring (bicyclic) bond motifs is 2. The number of methoxy groups -OCH3 is 1. The molecule has 1 saturated heterocycles. The molecule has 26 heavy (non-hydrogen) atoms. The number of sulfonamides is 1. The van der Waals surface area contributed by atoms with Crippen LogP contribution in [-0.4, -0.2) is 51.8 Å². The molecule has 7 nitrogen and oxygen atoms in total. The fraction of sp³-hybridized carbons (Fsp3) is 0.611. The summed E-state index contributed by atoms with van der Waals surface area (Å²) in [5.41, 5.74) is 1.97. The molecule has 0 unspecified atom stereocenters. The fourth-order valence-electron chi connectivity index (χ4n) is 4.00. The molecule has 2 N–H and O–H groups in total. The molecular weight excluding hydrogens is 356 g/mol. The van der Waals surface area contributed by atoms with E-state index in [-0.39, 0.29) is 24.5 Å². The second-order valence-corrected chi connectivity index (χ2v) is 8.67. The molecule has 0 saturated carbocycles. The molecule has 2 aliphatic heterocycles. The highest BCUT2D eigenvalue weighted by Gasteiger charge is 2.43. The first-order valence-electron chi connectivity index (χ1n) is 8.93. The van der Waals surface area contributed by atoms with Gasteiger partial charge in [0.2, 0.25) is 15.9 Å². The second-order valence-electron chi connectivity index (χ2n) is 6.94. The quantitative estimate of drug-likeness (QED) is 0.824. The summed E-state index contributed by atoms with van der Waals surface area (Å²) in [5, 5.41) is 4.98. The third-order valence-corrected chi connectivity index (χ3v) is 6.14. The van der Waals surface area contributed by atoms with Gasteiger partial charge >= 0.3 is 0 Å². The Balaban J connectivity index is 1.67. The average molecular weight is 382 g/mol. The summed E-state index contributed by atoms with van der Waals surface area (Å²) in [5.74, 6) is 0.652. The van der Waals surface area contributed by atoms with Crippen molar-refractivity contribution in [1.29, 1.82) is 0 Å². The number of carbonyl (C=O) groups excluding carboxylic acids is 1. The number of primary sulfonamides is 1. The lowest BCUT2D eigenvalue weighted by Gasteiger charge is -2.45. The van der Waals surface area contributed by atoms with Crippen LogP contribution in [0.4, 0.5) is 0 Å². The molecule has 2 aliphatic rings. The normalized spacial score (nSPS) is 19.2. The average Bonchev–Trinajstić information content (AvgIpc) is 2.61. The van der Waals surface area contributed by atoms with Gasteiger partial charge in [0.25, 0.3) is 0 Å². The molecule has 0 bridgehead atoms. The summed E-state index contributed by atoms with van der Waals surface area (Å²) in [4.78, 5) is 14.1. The Labute approximate surface area is 154 Å². The van der Waals surface area contributed by atoms with Gasteiger partial charge < -0.3 is 14.4 Å². The standard InChI is InChI=1S/C18H26N2O5S/c1-24-15-5-2-4-14-7-12-25-18(17(14)15)8-10-20(11-9-18)16(21)6-3-13-26(19,22)23/h2,4-5H,3,6-13H2,1H3,(H2,19,22,23).